The second kappa shape index (κ2) is 5.84. The molecule has 1 saturated carbocycles. The first-order valence-corrected chi connectivity index (χ1v) is 7.76. The summed E-state index contributed by atoms with van der Waals surface area (Å²) in [6.45, 7) is 5.27. The van der Waals surface area contributed by atoms with Gasteiger partial charge in [-0.1, -0.05) is 19.8 Å². The number of tetrazole rings is 1. The summed E-state index contributed by atoms with van der Waals surface area (Å²) in [4.78, 5) is 0. The van der Waals surface area contributed by atoms with Crippen LogP contribution in [0.1, 0.15) is 38.2 Å². The molecule has 1 fully saturated rings. The van der Waals surface area contributed by atoms with Crippen molar-refractivity contribution in [2.45, 2.75) is 46.1 Å². The van der Waals surface area contributed by atoms with Crippen LogP contribution >= 0.6 is 0 Å². The highest BCUT2D eigenvalue weighted by Gasteiger charge is 2.20. The minimum atomic E-state index is 0.693. The van der Waals surface area contributed by atoms with E-state index < -0.39 is 0 Å². The van der Waals surface area contributed by atoms with Crippen LogP contribution in [-0.2, 0) is 6.54 Å². The molecule has 0 atom stereocenters. The number of aromatic nitrogens is 4. The Hall–Kier alpha value is -1.91. The lowest BCUT2D eigenvalue weighted by Crippen LogP contribution is -2.19. The topological polar surface area (TPSA) is 69.6 Å². The van der Waals surface area contributed by atoms with Gasteiger partial charge in [0.2, 0.25) is 0 Å². The van der Waals surface area contributed by atoms with Gasteiger partial charge in [-0.3, -0.25) is 0 Å². The molecule has 1 heterocycles. The summed E-state index contributed by atoms with van der Waals surface area (Å²) in [5.74, 6) is 2.41. The van der Waals surface area contributed by atoms with Crippen molar-refractivity contribution in [2.24, 2.45) is 11.8 Å². The van der Waals surface area contributed by atoms with E-state index in [0.717, 1.165) is 35.1 Å². The van der Waals surface area contributed by atoms with Crippen LogP contribution in [0.3, 0.4) is 0 Å². The molecule has 1 aliphatic rings. The summed E-state index contributed by atoms with van der Waals surface area (Å²) in [5, 5.41) is 12.2. The van der Waals surface area contributed by atoms with E-state index in [1.165, 1.54) is 25.7 Å². The Balaban J connectivity index is 1.79. The standard InChI is InChI=1S/C16H23N5/c1-11-3-5-13(6-4-11)10-21-16(18-19-20-21)14-7-8-15(17)12(2)9-14/h7-9,11,13H,3-6,10,17H2,1-2H3. The van der Waals surface area contributed by atoms with E-state index in [0.29, 0.717) is 5.92 Å². The van der Waals surface area contributed by atoms with Crippen molar-refractivity contribution >= 4 is 5.69 Å². The van der Waals surface area contributed by atoms with Gasteiger partial charge in [0.25, 0.3) is 0 Å². The van der Waals surface area contributed by atoms with E-state index in [1.54, 1.807) is 0 Å². The van der Waals surface area contributed by atoms with Gasteiger partial charge in [0.15, 0.2) is 5.82 Å². The van der Waals surface area contributed by atoms with Crippen LogP contribution in [0.25, 0.3) is 11.4 Å². The normalized spacial score (nSPS) is 22.4. The van der Waals surface area contributed by atoms with Crippen LogP contribution in [-0.4, -0.2) is 20.2 Å². The average molecular weight is 285 g/mol. The number of rotatable bonds is 3. The van der Waals surface area contributed by atoms with Gasteiger partial charge in [-0.05, 0) is 65.8 Å². The third-order valence-electron chi connectivity index (χ3n) is 4.63. The van der Waals surface area contributed by atoms with Gasteiger partial charge >= 0.3 is 0 Å². The lowest BCUT2D eigenvalue weighted by molar-refractivity contribution is 0.257. The van der Waals surface area contributed by atoms with Crippen molar-refractivity contribution < 1.29 is 0 Å². The van der Waals surface area contributed by atoms with Crippen LogP contribution in [0.5, 0.6) is 0 Å². The second-order valence-electron chi connectivity index (χ2n) is 6.38. The van der Waals surface area contributed by atoms with Gasteiger partial charge < -0.3 is 5.73 Å². The summed E-state index contributed by atoms with van der Waals surface area (Å²) in [6.07, 6.45) is 5.20. The number of hydrogen-bond donors (Lipinski definition) is 1. The Morgan fingerprint density at radius 1 is 1.24 bits per heavy atom. The Morgan fingerprint density at radius 3 is 2.71 bits per heavy atom. The maximum absolute atomic E-state index is 5.88. The molecule has 0 bridgehead atoms. The molecule has 2 N–H and O–H groups in total. The molecule has 0 aliphatic heterocycles. The number of hydrogen-bond acceptors (Lipinski definition) is 4. The fourth-order valence-electron chi connectivity index (χ4n) is 3.11. The maximum atomic E-state index is 5.88. The number of benzene rings is 1. The van der Waals surface area contributed by atoms with Crippen molar-refractivity contribution in [1.29, 1.82) is 0 Å². The molecule has 112 valence electrons. The lowest BCUT2D eigenvalue weighted by Gasteiger charge is -2.26. The van der Waals surface area contributed by atoms with Gasteiger partial charge in [0.05, 0.1) is 0 Å². The first kappa shape index (κ1) is 14.0. The third-order valence-corrected chi connectivity index (χ3v) is 4.63. The van der Waals surface area contributed by atoms with Crippen molar-refractivity contribution in [3.05, 3.63) is 23.8 Å². The monoisotopic (exact) mass is 285 g/mol. The molecule has 0 radical (unpaired) electrons. The Kier molecular flexibility index (Phi) is 3.90. The molecular formula is C16H23N5. The number of nitrogen functional groups attached to an aromatic ring is 1. The molecule has 1 aromatic carbocycles. The minimum Gasteiger partial charge on any atom is -0.399 e. The fraction of sp³-hybridized carbons (Fsp3) is 0.562. The quantitative estimate of drug-likeness (QED) is 0.880. The molecule has 2 aromatic rings. The molecule has 3 rings (SSSR count). The molecule has 1 aromatic heterocycles. The predicted octanol–water partition coefficient (Wildman–Crippen LogP) is 3.06. The van der Waals surface area contributed by atoms with Crippen molar-refractivity contribution in [2.75, 3.05) is 5.73 Å². The van der Waals surface area contributed by atoms with E-state index in [4.69, 9.17) is 5.73 Å². The van der Waals surface area contributed by atoms with Crippen molar-refractivity contribution in [3.8, 4) is 11.4 Å². The SMILES string of the molecule is Cc1cc(-c2nnnn2CC2CCC(C)CC2)ccc1N. The van der Waals surface area contributed by atoms with Crippen LogP contribution in [0, 0.1) is 18.8 Å². The summed E-state index contributed by atoms with van der Waals surface area (Å²) in [7, 11) is 0. The van der Waals surface area contributed by atoms with Crippen LogP contribution in [0.15, 0.2) is 18.2 Å². The lowest BCUT2D eigenvalue weighted by atomic mass is 9.83. The zero-order valence-electron chi connectivity index (χ0n) is 12.8. The Bertz CT molecular complexity index is 611. The van der Waals surface area contributed by atoms with E-state index in [2.05, 4.69) is 28.5 Å². The number of nitrogens with two attached hydrogens (primary N) is 1. The molecule has 21 heavy (non-hydrogen) atoms. The highest BCUT2D eigenvalue weighted by molar-refractivity contribution is 5.61. The minimum absolute atomic E-state index is 0.693. The summed E-state index contributed by atoms with van der Waals surface area (Å²) in [5.41, 5.74) is 8.79. The first-order chi connectivity index (χ1) is 10.1. The molecule has 0 unspecified atom stereocenters. The first-order valence-electron chi connectivity index (χ1n) is 7.76. The van der Waals surface area contributed by atoms with Gasteiger partial charge in [-0.2, -0.15) is 0 Å². The number of anilines is 1. The zero-order chi connectivity index (χ0) is 14.8. The summed E-state index contributed by atoms with van der Waals surface area (Å²) < 4.78 is 1.95. The maximum Gasteiger partial charge on any atom is 0.182 e. The molecule has 5 heteroatoms. The third kappa shape index (κ3) is 3.06. The van der Waals surface area contributed by atoms with Gasteiger partial charge in [-0.15, -0.1) is 5.10 Å². The van der Waals surface area contributed by atoms with Gasteiger partial charge in [0, 0.05) is 17.8 Å². The molecule has 1 aliphatic carbocycles. The molecule has 0 amide bonds. The van der Waals surface area contributed by atoms with E-state index >= 15 is 0 Å². The zero-order valence-corrected chi connectivity index (χ0v) is 12.8. The van der Waals surface area contributed by atoms with Gasteiger partial charge in [0.1, 0.15) is 0 Å². The number of nitrogens with zero attached hydrogens (tertiary/aromatic N) is 4. The summed E-state index contributed by atoms with van der Waals surface area (Å²) in [6, 6.07) is 5.97. The molecule has 5 nitrogen and oxygen atoms in total. The number of aryl methyl sites for hydroxylation is 1. The van der Waals surface area contributed by atoms with E-state index in [1.807, 2.05) is 23.7 Å². The van der Waals surface area contributed by atoms with Crippen LogP contribution in [0.2, 0.25) is 0 Å². The average Bonchev–Trinajstić information content (AvgIpc) is 2.92. The van der Waals surface area contributed by atoms with Crippen LogP contribution < -0.4 is 5.73 Å². The smallest absolute Gasteiger partial charge is 0.182 e. The van der Waals surface area contributed by atoms with E-state index in [-0.39, 0.29) is 0 Å². The van der Waals surface area contributed by atoms with Crippen LogP contribution in [0.4, 0.5) is 5.69 Å². The predicted molar refractivity (Wildman–Crippen MR) is 83.5 cm³/mol. The van der Waals surface area contributed by atoms with Gasteiger partial charge in [-0.25, -0.2) is 4.68 Å². The van der Waals surface area contributed by atoms with Crippen molar-refractivity contribution in [1.82, 2.24) is 20.2 Å². The fourth-order valence-corrected chi connectivity index (χ4v) is 3.11. The highest BCUT2D eigenvalue weighted by atomic mass is 15.5. The Labute approximate surface area is 125 Å². The van der Waals surface area contributed by atoms with E-state index in [9.17, 15) is 0 Å². The second-order valence-corrected chi connectivity index (χ2v) is 6.38. The Morgan fingerprint density at radius 2 is 2.00 bits per heavy atom. The molecule has 0 spiro atoms. The molecular weight excluding hydrogens is 262 g/mol. The summed E-state index contributed by atoms with van der Waals surface area (Å²) >= 11 is 0. The largest absolute Gasteiger partial charge is 0.399 e. The molecule has 0 saturated heterocycles. The van der Waals surface area contributed by atoms with Crippen molar-refractivity contribution in [3.63, 3.8) is 0 Å². The highest BCUT2D eigenvalue weighted by Crippen LogP contribution is 2.30.